The lowest BCUT2D eigenvalue weighted by Gasteiger charge is -2.03. The fraction of sp³-hybridized carbons (Fsp3) is 0.267. The van der Waals surface area contributed by atoms with E-state index in [9.17, 15) is 29.8 Å². The van der Waals surface area contributed by atoms with Crippen LogP contribution in [0.25, 0.3) is 0 Å². The van der Waals surface area contributed by atoms with Gasteiger partial charge in [0.05, 0.1) is 41.1 Å². The maximum atomic E-state index is 12.1. The molecule has 2 rings (SSSR count). The van der Waals surface area contributed by atoms with Gasteiger partial charge >= 0.3 is 5.97 Å². The number of benzene rings is 1. The quantitative estimate of drug-likeness (QED) is 0.406. The minimum Gasteiger partial charge on any atom is -0.466 e. The second kappa shape index (κ2) is 8.80. The van der Waals surface area contributed by atoms with Crippen LogP contribution in [0.3, 0.4) is 0 Å². The Labute approximate surface area is 156 Å². The van der Waals surface area contributed by atoms with E-state index in [2.05, 4.69) is 10.3 Å². The number of esters is 1. The number of nitrogens with zero attached hydrogens (tertiary/aromatic N) is 3. The molecule has 0 aliphatic heterocycles. The lowest BCUT2D eigenvalue weighted by Crippen LogP contribution is -2.15. The summed E-state index contributed by atoms with van der Waals surface area (Å²) < 4.78 is 4.80. The van der Waals surface area contributed by atoms with Gasteiger partial charge in [0.15, 0.2) is 5.13 Å². The van der Waals surface area contributed by atoms with Crippen LogP contribution < -0.4 is 5.32 Å². The molecule has 0 fully saturated rings. The van der Waals surface area contributed by atoms with Gasteiger partial charge in [0.2, 0.25) is 5.91 Å². The number of hydrogen-bond donors (Lipinski definition) is 1. The Balaban J connectivity index is 2.06. The zero-order valence-corrected chi connectivity index (χ0v) is 14.9. The summed E-state index contributed by atoms with van der Waals surface area (Å²) in [6.07, 6.45) is -0.394. The van der Waals surface area contributed by atoms with Crippen molar-refractivity contribution in [2.24, 2.45) is 0 Å². The number of ether oxygens (including phenoxy) is 1. The number of nitro benzene ring substituents is 2. The summed E-state index contributed by atoms with van der Waals surface area (Å²) in [7, 11) is 0. The maximum absolute atomic E-state index is 12.1. The summed E-state index contributed by atoms with van der Waals surface area (Å²) in [5, 5.41) is 26.1. The monoisotopic (exact) mass is 394 g/mol. The van der Waals surface area contributed by atoms with E-state index in [0.29, 0.717) is 5.69 Å². The third kappa shape index (κ3) is 5.54. The van der Waals surface area contributed by atoms with E-state index in [1.165, 1.54) is 6.07 Å². The fourth-order valence-electron chi connectivity index (χ4n) is 2.13. The first-order valence-corrected chi connectivity index (χ1v) is 8.49. The lowest BCUT2D eigenvalue weighted by atomic mass is 10.1. The first-order chi connectivity index (χ1) is 12.8. The van der Waals surface area contributed by atoms with Crippen molar-refractivity contribution in [3.05, 3.63) is 55.1 Å². The van der Waals surface area contributed by atoms with Crippen molar-refractivity contribution >= 4 is 39.7 Å². The molecule has 0 radical (unpaired) electrons. The van der Waals surface area contributed by atoms with Gasteiger partial charge in [-0.3, -0.25) is 29.8 Å². The smallest absolute Gasteiger partial charge is 0.311 e. The zero-order valence-electron chi connectivity index (χ0n) is 14.0. The number of nitrogens with one attached hydrogen (secondary N) is 1. The molecule has 1 aromatic heterocycles. The van der Waals surface area contributed by atoms with Crippen molar-refractivity contribution in [1.82, 2.24) is 4.98 Å². The second-order valence-corrected chi connectivity index (χ2v) is 6.04. The lowest BCUT2D eigenvalue weighted by molar-refractivity contribution is -0.394. The molecule has 2 aromatic rings. The van der Waals surface area contributed by atoms with Gasteiger partial charge in [-0.05, 0) is 13.0 Å². The molecule has 1 aromatic carbocycles. The highest BCUT2D eigenvalue weighted by molar-refractivity contribution is 7.13. The summed E-state index contributed by atoms with van der Waals surface area (Å²) in [6, 6.07) is 3.07. The molecule has 0 unspecified atom stereocenters. The number of non-ortho nitro benzene ring substituents is 1. The Kier molecular flexibility index (Phi) is 6.49. The van der Waals surface area contributed by atoms with Crippen molar-refractivity contribution in [1.29, 1.82) is 0 Å². The van der Waals surface area contributed by atoms with Gasteiger partial charge in [-0.15, -0.1) is 11.3 Å². The molecule has 0 saturated carbocycles. The molecule has 1 amide bonds. The van der Waals surface area contributed by atoms with Gasteiger partial charge in [-0.25, -0.2) is 4.98 Å². The van der Waals surface area contributed by atoms with Crippen molar-refractivity contribution in [2.75, 3.05) is 11.9 Å². The van der Waals surface area contributed by atoms with E-state index in [1.807, 2.05) is 0 Å². The van der Waals surface area contributed by atoms with Crippen molar-refractivity contribution in [3.8, 4) is 0 Å². The Morgan fingerprint density at radius 3 is 2.59 bits per heavy atom. The Morgan fingerprint density at radius 1 is 1.22 bits per heavy atom. The van der Waals surface area contributed by atoms with E-state index >= 15 is 0 Å². The second-order valence-electron chi connectivity index (χ2n) is 5.18. The topological polar surface area (TPSA) is 155 Å². The molecule has 27 heavy (non-hydrogen) atoms. The van der Waals surface area contributed by atoms with Crippen molar-refractivity contribution < 1.29 is 24.2 Å². The summed E-state index contributed by atoms with van der Waals surface area (Å²) in [5.74, 6) is -1.02. The van der Waals surface area contributed by atoms with Gasteiger partial charge in [-0.1, -0.05) is 0 Å². The number of hydrogen-bond acceptors (Lipinski definition) is 9. The van der Waals surface area contributed by atoms with Crippen LogP contribution in [-0.4, -0.2) is 33.3 Å². The highest BCUT2D eigenvalue weighted by atomic mass is 32.1. The number of amides is 1. The molecule has 142 valence electrons. The first-order valence-electron chi connectivity index (χ1n) is 7.61. The average Bonchev–Trinajstić information content (AvgIpc) is 3.01. The van der Waals surface area contributed by atoms with Crippen LogP contribution >= 0.6 is 11.3 Å². The Hall–Kier alpha value is -3.41. The number of thiazole rings is 1. The van der Waals surface area contributed by atoms with Gasteiger partial charge < -0.3 is 10.1 Å². The summed E-state index contributed by atoms with van der Waals surface area (Å²) in [6.45, 7) is 1.93. The maximum Gasteiger partial charge on any atom is 0.311 e. The molecule has 1 heterocycles. The van der Waals surface area contributed by atoms with Crippen molar-refractivity contribution in [2.45, 2.75) is 19.8 Å². The summed E-state index contributed by atoms with van der Waals surface area (Å²) in [4.78, 5) is 47.9. The predicted molar refractivity (Wildman–Crippen MR) is 94.5 cm³/mol. The van der Waals surface area contributed by atoms with Crippen LogP contribution in [0.4, 0.5) is 16.5 Å². The SMILES string of the molecule is CCOC(=O)Cc1csc(NC(=O)Cc2ccc([N+](=O)[O-])cc2[N+](=O)[O-])n1. The highest BCUT2D eigenvalue weighted by Crippen LogP contribution is 2.25. The first kappa shape index (κ1) is 19.9. The minimum absolute atomic E-state index is 0.0337. The molecule has 0 aliphatic rings. The zero-order chi connectivity index (χ0) is 20.0. The number of carbonyl (C=O) groups is 2. The van der Waals surface area contributed by atoms with E-state index in [-0.39, 0.29) is 30.1 Å². The molecule has 1 N–H and O–H groups in total. The summed E-state index contributed by atoms with van der Waals surface area (Å²) >= 11 is 1.09. The van der Waals surface area contributed by atoms with Gasteiger partial charge in [0.25, 0.3) is 11.4 Å². The Morgan fingerprint density at radius 2 is 1.96 bits per heavy atom. The van der Waals surface area contributed by atoms with Crippen LogP contribution in [0.2, 0.25) is 0 Å². The highest BCUT2D eigenvalue weighted by Gasteiger charge is 2.21. The molecule has 0 atom stereocenters. The van der Waals surface area contributed by atoms with Gasteiger partial charge in [0.1, 0.15) is 0 Å². The van der Waals surface area contributed by atoms with E-state index < -0.39 is 33.1 Å². The number of carbonyl (C=O) groups excluding carboxylic acids is 2. The number of anilines is 1. The van der Waals surface area contributed by atoms with Crippen LogP contribution in [0.5, 0.6) is 0 Å². The van der Waals surface area contributed by atoms with Crippen LogP contribution in [0.15, 0.2) is 23.6 Å². The molecule has 0 aliphatic carbocycles. The number of rotatable bonds is 8. The largest absolute Gasteiger partial charge is 0.466 e. The van der Waals surface area contributed by atoms with E-state index in [4.69, 9.17) is 4.74 Å². The normalized spacial score (nSPS) is 10.3. The minimum atomic E-state index is -0.781. The van der Waals surface area contributed by atoms with Gasteiger partial charge in [-0.2, -0.15) is 0 Å². The number of nitro groups is 2. The third-order valence-corrected chi connectivity index (χ3v) is 4.06. The fourth-order valence-corrected chi connectivity index (χ4v) is 2.85. The van der Waals surface area contributed by atoms with E-state index in [0.717, 1.165) is 23.5 Å². The third-order valence-electron chi connectivity index (χ3n) is 3.26. The standard InChI is InChI=1S/C15H14N4O7S/c1-2-26-14(21)6-10-8-27-15(16-10)17-13(20)5-9-3-4-11(18(22)23)7-12(9)19(24)25/h3-4,7-8H,2,5-6H2,1H3,(H,16,17,20). The molecular weight excluding hydrogens is 380 g/mol. The molecule has 11 nitrogen and oxygen atoms in total. The van der Waals surface area contributed by atoms with Crippen LogP contribution in [0.1, 0.15) is 18.2 Å². The molecule has 0 spiro atoms. The molecular formula is C15H14N4O7S. The molecule has 0 bridgehead atoms. The molecule has 12 heteroatoms. The predicted octanol–water partition coefficient (Wildman–Crippen LogP) is 2.25. The Bertz CT molecular complexity index is 896. The van der Waals surface area contributed by atoms with Crippen LogP contribution in [0, 0.1) is 20.2 Å². The average molecular weight is 394 g/mol. The van der Waals surface area contributed by atoms with E-state index in [1.54, 1.807) is 12.3 Å². The van der Waals surface area contributed by atoms with Gasteiger partial charge in [0, 0.05) is 17.0 Å². The van der Waals surface area contributed by atoms with Crippen molar-refractivity contribution in [3.63, 3.8) is 0 Å². The van der Waals surface area contributed by atoms with Crippen LogP contribution in [-0.2, 0) is 27.2 Å². The summed E-state index contributed by atoms with van der Waals surface area (Å²) in [5.41, 5.74) is -0.489. The molecule has 0 saturated heterocycles. The number of aromatic nitrogens is 1.